The predicted octanol–water partition coefficient (Wildman–Crippen LogP) is 12.0. The minimum absolute atomic E-state index is 0. The molecule has 0 heterocycles. The molecule has 1 saturated carbocycles. The average molecular weight is 755 g/mol. The van der Waals surface area contributed by atoms with E-state index in [9.17, 15) is 19.2 Å². The molecule has 1 aliphatic rings. The van der Waals surface area contributed by atoms with Crippen molar-refractivity contribution in [2.75, 3.05) is 7.11 Å². The van der Waals surface area contributed by atoms with E-state index in [4.69, 9.17) is 23.7 Å². The van der Waals surface area contributed by atoms with Crippen LogP contribution in [0.2, 0.25) is 0 Å². The Labute approximate surface area is 323 Å². The van der Waals surface area contributed by atoms with Crippen LogP contribution in [0.3, 0.4) is 0 Å². The fraction of sp³-hybridized carbons (Fsp3) is 0.767. The molecule has 1 aliphatic carbocycles. The van der Waals surface area contributed by atoms with Crippen LogP contribution in [0.15, 0.2) is 30.3 Å². The van der Waals surface area contributed by atoms with Crippen molar-refractivity contribution in [1.29, 1.82) is 0 Å². The van der Waals surface area contributed by atoms with Gasteiger partial charge in [0.2, 0.25) is 0 Å². The molecule has 0 aromatic heterocycles. The van der Waals surface area contributed by atoms with Crippen molar-refractivity contribution >= 4 is 24.2 Å². The maximum Gasteiger partial charge on any atom is 0.508 e. The topological polar surface area (TPSA) is 124 Å². The standard InChI is InChI=1S/C13H24O3.C13H18O2.C8H16O3.C8H16O2.CH4/c1-10(13(2,3)4)15-12(14)16-11-8-6-5-7-9-11;1-10(13(2,3)4)15-12(14)11-8-6-5-7-9-11;1-6(8(2,3)4)11-7(9)10-5;1-6(8(3,4)5)10-7(2)9;/h10-11H,5-9H2,1-4H3;5-10H,1-4H3;6H,1-5H3;6H,1-5H3;1H4. The molecule has 0 N–H and O–H groups in total. The molecular formula is C43H78O10. The summed E-state index contributed by atoms with van der Waals surface area (Å²) in [6.45, 7) is 33.4. The summed E-state index contributed by atoms with van der Waals surface area (Å²) in [6.07, 6.45) is 4.15. The Morgan fingerprint density at radius 2 is 0.925 bits per heavy atom. The molecule has 53 heavy (non-hydrogen) atoms. The highest BCUT2D eigenvalue weighted by molar-refractivity contribution is 5.89. The van der Waals surface area contributed by atoms with Gasteiger partial charge in [-0.05, 0) is 87.2 Å². The van der Waals surface area contributed by atoms with E-state index in [0.717, 1.165) is 25.7 Å². The van der Waals surface area contributed by atoms with Crippen LogP contribution in [0.4, 0.5) is 9.59 Å². The van der Waals surface area contributed by atoms with E-state index in [1.54, 1.807) is 12.1 Å². The monoisotopic (exact) mass is 755 g/mol. The van der Waals surface area contributed by atoms with Gasteiger partial charge in [-0.15, -0.1) is 0 Å². The van der Waals surface area contributed by atoms with Crippen molar-refractivity contribution in [3.63, 3.8) is 0 Å². The van der Waals surface area contributed by atoms with Crippen molar-refractivity contribution in [2.45, 2.75) is 188 Å². The van der Waals surface area contributed by atoms with Gasteiger partial charge in [-0.1, -0.05) is 115 Å². The van der Waals surface area contributed by atoms with Gasteiger partial charge in [0.05, 0.1) is 12.7 Å². The second kappa shape index (κ2) is 24.9. The minimum atomic E-state index is -0.618. The number of ether oxygens (including phenoxy) is 6. The molecule has 0 aliphatic heterocycles. The Hall–Kier alpha value is -3.30. The fourth-order valence-electron chi connectivity index (χ4n) is 3.44. The van der Waals surface area contributed by atoms with E-state index in [0.29, 0.717) is 5.56 Å². The SMILES string of the molecule is C.CC(=O)OC(C)C(C)(C)C.CC(OC(=O)OC1CCCCC1)C(C)(C)C.CC(OC(=O)c1ccccc1)C(C)(C)C.COC(=O)OC(C)C(C)(C)C. The molecular weight excluding hydrogens is 676 g/mol. The van der Waals surface area contributed by atoms with E-state index in [1.807, 2.05) is 108 Å². The second-order valence-electron chi connectivity index (χ2n) is 17.7. The highest BCUT2D eigenvalue weighted by Crippen LogP contribution is 2.26. The molecule has 1 fully saturated rings. The highest BCUT2D eigenvalue weighted by Gasteiger charge is 2.27. The third-order valence-electron chi connectivity index (χ3n) is 9.04. The molecule has 0 amide bonds. The number of carbonyl (C=O) groups is 4. The van der Waals surface area contributed by atoms with Crippen LogP contribution < -0.4 is 0 Å². The first-order valence-electron chi connectivity index (χ1n) is 18.6. The maximum atomic E-state index is 11.7. The first-order valence-corrected chi connectivity index (χ1v) is 18.6. The predicted molar refractivity (Wildman–Crippen MR) is 214 cm³/mol. The highest BCUT2D eigenvalue weighted by atomic mass is 16.7. The molecule has 0 spiro atoms. The van der Waals surface area contributed by atoms with Gasteiger partial charge >= 0.3 is 24.2 Å². The Morgan fingerprint density at radius 1 is 0.566 bits per heavy atom. The largest absolute Gasteiger partial charge is 0.508 e. The second-order valence-corrected chi connectivity index (χ2v) is 17.7. The number of benzene rings is 1. The summed E-state index contributed by atoms with van der Waals surface area (Å²) in [4.78, 5) is 44.3. The Bertz CT molecular complexity index is 1160. The van der Waals surface area contributed by atoms with Crippen molar-refractivity contribution in [3.8, 4) is 0 Å². The number of rotatable bonds is 6. The van der Waals surface area contributed by atoms with Crippen LogP contribution >= 0.6 is 0 Å². The third-order valence-corrected chi connectivity index (χ3v) is 9.04. The summed E-state index contributed by atoms with van der Waals surface area (Å²) in [5.41, 5.74) is 0.559. The van der Waals surface area contributed by atoms with E-state index >= 15 is 0 Å². The summed E-state index contributed by atoms with van der Waals surface area (Å²) >= 11 is 0. The maximum absolute atomic E-state index is 11.7. The summed E-state index contributed by atoms with van der Waals surface area (Å²) in [7, 11) is 1.30. The van der Waals surface area contributed by atoms with E-state index in [1.165, 1.54) is 20.5 Å². The molecule has 4 unspecified atom stereocenters. The lowest BCUT2D eigenvalue weighted by Crippen LogP contribution is -2.31. The van der Waals surface area contributed by atoms with Crippen molar-refractivity contribution in [1.82, 2.24) is 0 Å². The van der Waals surface area contributed by atoms with E-state index < -0.39 is 12.3 Å². The van der Waals surface area contributed by atoms with Gasteiger partial charge < -0.3 is 28.4 Å². The normalized spacial score (nSPS) is 15.5. The zero-order valence-electron chi connectivity index (χ0n) is 35.9. The lowest BCUT2D eigenvalue weighted by atomic mass is 9.90. The Morgan fingerprint density at radius 3 is 1.26 bits per heavy atom. The number of hydrogen-bond acceptors (Lipinski definition) is 10. The molecule has 10 nitrogen and oxygen atoms in total. The van der Waals surface area contributed by atoms with Gasteiger partial charge in [-0.25, -0.2) is 14.4 Å². The number of esters is 2. The van der Waals surface area contributed by atoms with Gasteiger partial charge in [0.1, 0.15) is 30.5 Å². The Kier molecular flexibility index (Phi) is 25.4. The number of carbonyl (C=O) groups excluding carboxylic acids is 4. The lowest BCUT2D eigenvalue weighted by molar-refractivity contribution is -0.150. The van der Waals surface area contributed by atoms with Crippen LogP contribution in [0.1, 0.15) is 168 Å². The van der Waals surface area contributed by atoms with Crippen LogP contribution in [-0.2, 0) is 33.2 Å². The number of methoxy groups -OCH3 is 1. The molecule has 0 saturated heterocycles. The zero-order chi connectivity index (χ0) is 41.1. The summed E-state index contributed by atoms with van der Waals surface area (Å²) in [5, 5.41) is 0. The van der Waals surface area contributed by atoms with E-state index in [-0.39, 0.29) is 71.5 Å². The van der Waals surface area contributed by atoms with Crippen molar-refractivity contribution < 1.29 is 47.6 Å². The summed E-state index contributed by atoms with van der Waals surface area (Å²) in [6, 6.07) is 9.07. The molecule has 1 aromatic rings. The fourth-order valence-corrected chi connectivity index (χ4v) is 3.44. The first-order chi connectivity index (χ1) is 23.5. The first kappa shape index (κ1) is 54.0. The molecule has 4 atom stereocenters. The minimum Gasteiger partial charge on any atom is -0.462 e. The van der Waals surface area contributed by atoms with Gasteiger partial charge in [0.25, 0.3) is 0 Å². The van der Waals surface area contributed by atoms with Crippen molar-refractivity contribution in [3.05, 3.63) is 35.9 Å². The number of hydrogen-bond donors (Lipinski definition) is 0. The molecule has 0 radical (unpaired) electrons. The van der Waals surface area contributed by atoms with Gasteiger partial charge in [0.15, 0.2) is 0 Å². The average Bonchev–Trinajstić information content (AvgIpc) is 3.00. The van der Waals surface area contributed by atoms with Crippen LogP contribution in [-0.4, -0.2) is 61.9 Å². The Balaban J connectivity index is -0.000000637. The molecule has 310 valence electrons. The molecule has 10 heteroatoms. The van der Waals surface area contributed by atoms with Gasteiger partial charge in [0, 0.05) is 6.92 Å². The smallest absolute Gasteiger partial charge is 0.462 e. The molecule has 1 aromatic carbocycles. The zero-order valence-corrected chi connectivity index (χ0v) is 35.9. The molecule has 0 bridgehead atoms. The van der Waals surface area contributed by atoms with Gasteiger partial charge in [-0.2, -0.15) is 0 Å². The summed E-state index contributed by atoms with van der Waals surface area (Å²) < 4.78 is 30.1. The third kappa shape index (κ3) is 27.0. The summed E-state index contributed by atoms with van der Waals surface area (Å²) in [5.74, 6) is -0.458. The van der Waals surface area contributed by atoms with Crippen molar-refractivity contribution in [2.24, 2.45) is 21.7 Å². The lowest BCUT2D eigenvalue weighted by Gasteiger charge is -2.28. The van der Waals surface area contributed by atoms with Gasteiger partial charge in [-0.3, -0.25) is 4.79 Å². The van der Waals surface area contributed by atoms with Crippen LogP contribution in [0.25, 0.3) is 0 Å². The molecule has 2 rings (SSSR count). The van der Waals surface area contributed by atoms with Crippen LogP contribution in [0, 0.1) is 21.7 Å². The quantitative estimate of drug-likeness (QED) is 0.205. The van der Waals surface area contributed by atoms with E-state index in [2.05, 4.69) is 25.5 Å². The van der Waals surface area contributed by atoms with Crippen LogP contribution in [0.5, 0.6) is 0 Å².